The second-order valence-electron chi connectivity index (χ2n) is 1.33. The van der Waals surface area contributed by atoms with Crippen molar-refractivity contribution >= 4 is 28.4 Å². The van der Waals surface area contributed by atoms with Crippen LogP contribution in [0.15, 0.2) is 28.9 Å². The van der Waals surface area contributed by atoms with E-state index in [4.69, 9.17) is 23.2 Å². The van der Waals surface area contributed by atoms with Crippen molar-refractivity contribution in [3.8, 4) is 0 Å². The zero-order valence-corrected chi connectivity index (χ0v) is 6.58. The third-order valence-electron chi connectivity index (χ3n) is 0.516. The average molecular weight is 164 g/mol. The van der Waals surface area contributed by atoms with Crippen molar-refractivity contribution in [1.29, 1.82) is 0 Å². The van der Waals surface area contributed by atoms with E-state index in [-0.39, 0.29) is 0 Å². The lowest BCUT2D eigenvalue weighted by atomic mass is 10.6. The second kappa shape index (κ2) is 4.59. The first kappa shape index (κ1) is 8.73. The first-order chi connectivity index (χ1) is 4.16. The first-order valence-corrected chi connectivity index (χ1v) is 3.11. The summed E-state index contributed by atoms with van der Waals surface area (Å²) in [5, 5.41) is 0.760. The van der Waals surface area contributed by atoms with Gasteiger partial charge in [0.2, 0.25) is 0 Å². The minimum absolute atomic E-state index is 0.345. The molecule has 9 heavy (non-hydrogen) atoms. The standard InChI is InChI=1S/C6H7Cl2N/c1-3-4-6(8)9-5(2)7/h3-4H,1H2,2H3/b6-4-,9-5+. The first-order valence-electron chi connectivity index (χ1n) is 2.36. The Bertz CT molecular complexity index is 154. The number of aliphatic imine (C=N–C) groups is 1. The van der Waals surface area contributed by atoms with Gasteiger partial charge >= 0.3 is 0 Å². The maximum absolute atomic E-state index is 5.49. The van der Waals surface area contributed by atoms with Gasteiger partial charge in [-0.05, 0) is 13.0 Å². The lowest BCUT2D eigenvalue weighted by molar-refractivity contribution is 1.51. The summed E-state index contributed by atoms with van der Waals surface area (Å²) in [5.74, 6) is 0. The average Bonchev–Trinajstić information content (AvgIpc) is 1.63. The van der Waals surface area contributed by atoms with Crippen molar-refractivity contribution in [3.05, 3.63) is 23.9 Å². The molecule has 50 valence electrons. The van der Waals surface area contributed by atoms with Crippen molar-refractivity contribution in [1.82, 2.24) is 0 Å². The maximum atomic E-state index is 5.49. The van der Waals surface area contributed by atoms with Crippen LogP contribution < -0.4 is 0 Å². The molecule has 0 saturated heterocycles. The van der Waals surface area contributed by atoms with Gasteiger partial charge in [-0.2, -0.15) is 0 Å². The molecular weight excluding hydrogens is 157 g/mol. The van der Waals surface area contributed by atoms with Crippen molar-refractivity contribution < 1.29 is 0 Å². The molecule has 0 aromatic heterocycles. The largest absolute Gasteiger partial charge is 0.229 e. The molecule has 3 heteroatoms. The lowest BCUT2D eigenvalue weighted by Gasteiger charge is -1.84. The van der Waals surface area contributed by atoms with Gasteiger partial charge in [0.15, 0.2) is 0 Å². The molecule has 0 aliphatic rings. The Balaban J connectivity index is 4.05. The van der Waals surface area contributed by atoms with Gasteiger partial charge in [0.1, 0.15) is 10.3 Å². The topological polar surface area (TPSA) is 12.4 Å². The van der Waals surface area contributed by atoms with Gasteiger partial charge in [-0.15, -0.1) is 0 Å². The Morgan fingerprint density at radius 2 is 2.11 bits per heavy atom. The monoisotopic (exact) mass is 163 g/mol. The predicted octanol–water partition coefficient (Wildman–Crippen LogP) is 2.91. The summed E-state index contributed by atoms with van der Waals surface area (Å²) in [6.07, 6.45) is 3.11. The van der Waals surface area contributed by atoms with Crippen molar-refractivity contribution in [2.45, 2.75) is 6.92 Å². The van der Waals surface area contributed by atoms with Crippen molar-refractivity contribution in [2.75, 3.05) is 0 Å². The number of halogens is 2. The Morgan fingerprint density at radius 3 is 2.44 bits per heavy atom. The Kier molecular flexibility index (Phi) is 4.46. The molecule has 0 unspecified atom stereocenters. The molecule has 0 atom stereocenters. The molecule has 0 spiro atoms. The van der Waals surface area contributed by atoms with Crippen LogP contribution in [0.5, 0.6) is 0 Å². The van der Waals surface area contributed by atoms with Gasteiger partial charge in [-0.3, -0.25) is 0 Å². The third kappa shape index (κ3) is 5.60. The number of nitrogens with zero attached hydrogens (tertiary/aromatic N) is 1. The van der Waals surface area contributed by atoms with E-state index in [0.29, 0.717) is 10.3 Å². The zero-order valence-electron chi connectivity index (χ0n) is 5.06. The highest BCUT2D eigenvalue weighted by Crippen LogP contribution is 2.04. The van der Waals surface area contributed by atoms with Crippen LogP contribution in [0.3, 0.4) is 0 Å². The highest BCUT2D eigenvalue weighted by molar-refractivity contribution is 6.65. The number of allylic oxidation sites excluding steroid dienone is 2. The normalized spacial score (nSPS) is 13.7. The fourth-order valence-corrected chi connectivity index (χ4v) is 0.632. The molecule has 1 nitrogen and oxygen atoms in total. The lowest BCUT2D eigenvalue weighted by Crippen LogP contribution is -1.73. The molecule has 0 heterocycles. The molecular formula is C6H7Cl2N. The van der Waals surface area contributed by atoms with E-state index in [2.05, 4.69) is 11.6 Å². The smallest absolute Gasteiger partial charge is 0.130 e. The van der Waals surface area contributed by atoms with Crippen LogP contribution in [-0.2, 0) is 0 Å². The van der Waals surface area contributed by atoms with Crippen LogP contribution in [0.1, 0.15) is 6.92 Å². The quantitative estimate of drug-likeness (QED) is 0.338. The summed E-state index contributed by atoms with van der Waals surface area (Å²) in [5.41, 5.74) is 0. The number of hydrogen-bond donors (Lipinski definition) is 0. The fourth-order valence-electron chi connectivity index (χ4n) is 0.282. The highest BCUT2D eigenvalue weighted by atomic mass is 35.5. The minimum Gasteiger partial charge on any atom is -0.229 e. The number of rotatable bonds is 2. The van der Waals surface area contributed by atoms with Crippen LogP contribution >= 0.6 is 23.2 Å². The second-order valence-corrected chi connectivity index (χ2v) is 2.27. The van der Waals surface area contributed by atoms with E-state index in [9.17, 15) is 0 Å². The molecule has 0 amide bonds. The van der Waals surface area contributed by atoms with Crippen LogP contribution in [0, 0.1) is 0 Å². The molecule has 0 radical (unpaired) electrons. The van der Waals surface area contributed by atoms with Crippen molar-refractivity contribution in [2.24, 2.45) is 4.99 Å². The van der Waals surface area contributed by atoms with E-state index < -0.39 is 0 Å². The SMILES string of the molecule is C=C/C=C(Cl)\N=C(/C)Cl. The summed E-state index contributed by atoms with van der Waals surface area (Å²) in [7, 11) is 0. The van der Waals surface area contributed by atoms with Crippen LogP contribution in [0.4, 0.5) is 0 Å². The van der Waals surface area contributed by atoms with Gasteiger partial charge < -0.3 is 0 Å². The highest BCUT2D eigenvalue weighted by Gasteiger charge is 1.83. The number of hydrogen-bond acceptors (Lipinski definition) is 1. The zero-order chi connectivity index (χ0) is 7.28. The van der Waals surface area contributed by atoms with Crippen LogP contribution in [-0.4, -0.2) is 5.17 Å². The summed E-state index contributed by atoms with van der Waals surface area (Å²) < 4.78 is 0. The Hall–Kier alpha value is -0.270. The minimum atomic E-state index is 0.345. The molecule has 0 N–H and O–H groups in total. The summed E-state index contributed by atoms with van der Waals surface area (Å²) >= 11 is 10.9. The predicted molar refractivity (Wildman–Crippen MR) is 43.1 cm³/mol. The third-order valence-corrected chi connectivity index (χ3v) is 0.811. The molecule has 0 aromatic carbocycles. The van der Waals surface area contributed by atoms with Crippen LogP contribution in [0.25, 0.3) is 0 Å². The van der Waals surface area contributed by atoms with Crippen LogP contribution in [0.2, 0.25) is 0 Å². The molecule has 0 fully saturated rings. The molecule has 0 saturated carbocycles. The molecule has 0 bridgehead atoms. The summed E-state index contributed by atoms with van der Waals surface area (Å²) in [4.78, 5) is 3.70. The van der Waals surface area contributed by atoms with Gasteiger partial charge in [-0.25, -0.2) is 4.99 Å². The summed E-state index contributed by atoms with van der Waals surface area (Å²) in [6, 6.07) is 0. The van der Waals surface area contributed by atoms with E-state index in [1.165, 1.54) is 0 Å². The van der Waals surface area contributed by atoms with Gasteiger partial charge in [0.25, 0.3) is 0 Å². The van der Waals surface area contributed by atoms with Crippen molar-refractivity contribution in [3.63, 3.8) is 0 Å². The van der Waals surface area contributed by atoms with Gasteiger partial charge in [0, 0.05) is 0 Å². The fraction of sp³-hybridized carbons (Fsp3) is 0.167. The van der Waals surface area contributed by atoms with E-state index >= 15 is 0 Å². The van der Waals surface area contributed by atoms with Gasteiger partial charge in [-0.1, -0.05) is 35.9 Å². The van der Waals surface area contributed by atoms with Gasteiger partial charge in [0.05, 0.1) is 0 Å². The molecule has 0 aliphatic heterocycles. The van der Waals surface area contributed by atoms with E-state index in [1.54, 1.807) is 19.1 Å². The molecule has 0 aliphatic carbocycles. The maximum Gasteiger partial charge on any atom is 0.130 e. The van der Waals surface area contributed by atoms with E-state index in [0.717, 1.165) is 0 Å². The molecule has 0 aromatic rings. The Morgan fingerprint density at radius 1 is 1.56 bits per heavy atom. The summed E-state index contributed by atoms with van der Waals surface area (Å²) in [6.45, 7) is 5.09. The molecule has 0 rings (SSSR count). The van der Waals surface area contributed by atoms with E-state index in [1.807, 2.05) is 0 Å². The Labute approximate surface area is 64.7 Å².